The highest BCUT2D eigenvalue weighted by atomic mass is 35.5. The Labute approximate surface area is 348 Å². The monoisotopic (exact) mass is 817 g/mol. The van der Waals surface area contributed by atoms with E-state index in [1.807, 2.05) is 29.2 Å². The molecule has 6 aliphatic heterocycles. The average molecular weight is 818 g/mol. The van der Waals surface area contributed by atoms with Crippen molar-refractivity contribution in [2.24, 2.45) is 11.3 Å². The molecule has 0 aromatic heterocycles. The van der Waals surface area contributed by atoms with Crippen molar-refractivity contribution in [3.05, 3.63) is 87.9 Å². The molecule has 5 saturated heterocycles. The zero-order valence-electron chi connectivity index (χ0n) is 33.0. The van der Waals surface area contributed by atoms with E-state index in [-0.39, 0.29) is 30.8 Å². The lowest BCUT2D eigenvalue weighted by molar-refractivity contribution is -0.136. The Balaban J connectivity index is 0.708. The van der Waals surface area contributed by atoms with Gasteiger partial charge in [-0.1, -0.05) is 17.7 Å². The van der Waals surface area contributed by atoms with E-state index >= 15 is 0 Å². The van der Waals surface area contributed by atoms with Crippen LogP contribution in [0.5, 0.6) is 5.75 Å². The number of benzene rings is 3. The van der Waals surface area contributed by atoms with E-state index in [0.717, 1.165) is 101 Å². The quantitative estimate of drug-likeness (QED) is 0.304. The number of fused-ring (bicyclic) bond motifs is 1. The summed E-state index contributed by atoms with van der Waals surface area (Å²) >= 11 is 6.17. The first kappa shape index (κ1) is 39.0. The number of carbonyl (C=O) groups is 5. The SMILES string of the molecule is N#Cc1ccc(OC2CCN(C(=O)c3ccc(N4CCC5(CC4)CN(CC4CCN(c6cccc7c6C(=O)N(C6CCC(=O)NC6=O)C7=O)CC4)C5)cc3)CC2)cc1Cl. The van der Waals surface area contributed by atoms with E-state index < -0.39 is 23.8 Å². The Morgan fingerprint density at radius 1 is 0.847 bits per heavy atom. The Hall–Kier alpha value is -5.45. The number of likely N-dealkylation sites (tertiary alicyclic amines) is 2. The van der Waals surface area contributed by atoms with Gasteiger partial charge in [0.25, 0.3) is 17.7 Å². The van der Waals surface area contributed by atoms with Gasteiger partial charge < -0.3 is 24.3 Å². The fourth-order valence-electron chi connectivity index (χ4n) is 10.1. The van der Waals surface area contributed by atoms with E-state index in [1.54, 1.807) is 24.3 Å². The molecule has 1 N–H and O–H groups in total. The van der Waals surface area contributed by atoms with Gasteiger partial charge in [0.1, 0.15) is 24.0 Å². The van der Waals surface area contributed by atoms with Crippen molar-refractivity contribution in [1.82, 2.24) is 20.0 Å². The summed E-state index contributed by atoms with van der Waals surface area (Å²) in [6, 6.07) is 19.6. The molecule has 0 radical (unpaired) electrons. The number of anilines is 2. The molecular weight excluding hydrogens is 770 g/mol. The van der Waals surface area contributed by atoms with Gasteiger partial charge in [0.15, 0.2) is 0 Å². The number of hydrogen-bond acceptors (Lipinski definition) is 10. The predicted octanol–water partition coefficient (Wildman–Crippen LogP) is 5.12. The van der Waals surface area contributed by atoms with Crippen molar-refractivity contribution in [1.29, 1.82) is 5.26 Å². The van der Waals surface area contributed by atoms with Crippen LogP contribution in [0.25, 0.3) is 0 Å². The zero-order chi connectivity index (χ0) is 40.8. The predicted molar refractivity (Wildman–Crippen MR) is 221 cm³/mol. The average Bonchev–Trinajstić information content (AvgIpc) is 3.49. The van der Waals surface area contributed by atoms with Gasteiger partial charge in [0.2, 0.25) is 11.8 Å². The molecule has 6 heterocycles. The molecule has 0 saturated carbocycles. The second-order valence-electron chi connectivity index (χ2n) is 17.1. The Morgan fingerprint density at radius 3 is 2.25 bits per heavy atom. The number of ether oxygens (including phenoxy) is 1. The highest BCUT2D eigenvalue weighted by molar-refractivity contribution is 6.31. The second kappa shape index (κ2) is 16.0. The summed E-state index contributed by atoms with van der Waals surface area (Å²) in [7, 11) is 0. The van der Waals surface area contributed by atoms with Gasteiger partial charge in [-0.05, 0) is 92.0 Å². The molecule has 0 aliphatic carbocycles. The van der Waals surface area contributed by atoms with Crippen LogP contribution in [0.2, 0.25) is 5.02 Å². The molecule has 5 fully saturated rings. The number of amides is 5. The maximum atomic E-state index is 13.6. The first-order valence-corrected chi connectivity index (χ1v) is 21.3. The highest BCUT2D eigenvalue weighted by Crippen LogP contribution is 2.43. The van der Waals surface area contributed by atoms with Gasteiger partial charge in [0, 0.05) is 95.5 Å². The minimum atomic E-state index is -0.971. The van der Waals surface area contributed by atoms with Crippen LogP contribution < -0.4 is 19.9 Å². The highest BCUT2D eigenvalue weighted by Gasteiger charge is 2.47. The van der Waals surface area contributed by atoms with E-state index in [9.17, 15) is 24.0 Å². The number of hydrogen-bond donors (Lipinski definition) is 1. The molecule has 1 spiro atoms. The molecule has 1 unspecified atom stereocenters. The second-order valence-corrected chi connectivity index (χ2v) is 17.6. The van der Waals surface area contributed by atoms with Crippen molar-refractivity contribution < 1.29 is 28.7 Å². The molecule has 3 aromatic carbocycles. The molecular formula is C45H48ClN7O6. The lowest BCUT2D eigenvalue weighted by Gasteiger charge is -2.55. The van der Waals surface area contributed by atoms with Crippen LogP contribution in [0.1, 0.15) is 88.0 Å². The van der Waals surface area contributed by atoms with Gasteiger partial charge in [-0.3, -0.25) is 34.2 Å². The fraction of sp³-hybridized carbons (Fsp3) is 0.467. The fourth-order valence-corrected chi connectivity index (χ4v) is 10.3. The summed E-state index contributed by atoms with van der Waals surface area (Å²) < 4.78 is 6.10. The minimum absolute atomic E-state index is 0.0109. The van der Waals surface area contributed by atoms with Crippen LogP contribution >= 0.6 is 11.6 Å². The largest absolute Gasteiger partial charge is 0.490 e. The van der Waals surface area contributed by atoms with Gasteiger partial charge in [-0.2, -0.15) is 5.26 Å². The van der Waals surface area contributed by atoms with Crippen LogP contribution in [0.4, 0.5) is 11.4 Å². The van der Waals surface area contributed by atoms with Crippen LogP contribution in [-0.2, 0) is 9.59 Å². The number of nitrogens with zero attached hydrogens (tertiary/aromatic N) is 6. The first-order valence-electron chi connectivity index (χ1n) is 20.9. The van der Waals surface area contributed by atoms with Crippen LogP contribution in [0, 0.1) is 22.7 Å². The number of piperidine rings is 4. The molecule has 3 aromatic rings. The number of carbonyl (C=O) groups excluding carboxylic acids is 5. The third-order valence-electron chi connectivity index (χ3n) is 13.4. The molecule has 59 heavy (non-hydrogen) atoms. The molecule has 6 aliphatic rings. The Bertz CT molecular complexity index is 2210. The van der Waals surface area contributed by atoms with E-state index in [1.165, 1.54) is 0 Å². The Morgan fingerprint density at radius 2 is 1.58 bits per heavy atom. The summed E-state index contributed by atoms with van der Waals surface area (Å²) in [5.74, 6) is -0.658. The number of halogens is 1. The Kier molecular flexibility index (Phi) is 10.6. The van der Waals surface area contributed by atoms with Crippen molar-refractivity contribution in [2.45, 2.75) is 63.5 Å². The normalized spacial score (nSPS) is 22.6. The lowest BCUT2D eigenvalue weighted by Crippen LogP contribution is -2.61. The topological polar surface area (TPSA) is 147 Å². The van der Waals surface area contributed by atoms with Gasteiger partial charge in [0.05, 0.1) is 27.4 Å². The summed E-state index contributed by atoms with van der Waals surface area (Å²) in [5.41, 5.74) is 4.09. The summed E-state index contributed by atoms with van der Waals surface area (Å²) in [6.07, 6.45) is 5.99. The molecule has 1 atom stereocenters. The van der Waals surface area contributed by atoms with Crippen molar-refractivity contribution in [2.75, 3.05) is 68.7 Å². The van der Waals surface area contributed by atoms with E-state index in [0.29, 0.717) is 57.4 Å². The standard InChI is InChI=1S/C45H48ClN7O6/c46-36-24-34(9-6-31(36)25-47)59-33-14-20-52(21-15-33)42(56)30-4-7-32(8-5-30)50-22-16-45(17-23-50)27-49(28-45)26-29-12-18-51(19-13-29)37-3-1-2-35-40(37)44(58)53(43(35)57)38-10-11-39(54)48-41(38)55/h1-9,24,29,33,38H,10-23,26-28H2,(H,48,54,55). The lowest BCUT2D eigenvalue weighted by atomic mass is 9.71. The molecule has 306 valence electrons. The van der Waals surface area contributed by atoms with Gasteiger partial charge in [-0.15, -0.1) is 0 Å². The number of nitriles is 1. The van der Waals surface area contributed by atoms with E-state index in [2.05, 4.69) is 38.2 Å². The molecule has 9 rings (SSSR count). The third-order valence-corrected chi connectivity index (χ3v) is 13.7. The van der Waals surface area contributed by atoms with Crippen LogP contribution in [0.15, 0.2) is 60.7 Å². The third kappa shape index (κ3) is 7.64. The van der Waals surface area contributed by atoms with E-state index in [4.69, 9.17) is 21.6 Å². The number of nitrogens with one attached hydrogen (secondary N) is 1. The molecule has 14 heteroatoms. The minimum Gasteiger partial charge on any atom is -0.490 e. The van der Waals surface area contributed by atoms with Crippen LogP contribution in [0.3, 0.4) is 0 Å². The number of imide groups is 2. The number of rotatable bonds is 8. The van der Waals surface area contributed by atoms with Gasteiger partial charge in [-0.25, -0.2) is 0 Å². The van der Waals surface area contributed by atoms with Crippen LogP contribution in [-0.4, -0.2) is 115 Å². The summed E-state index contributed by atoms with van der Waals surface area (Å²) in [6.45, 7) is 8.14. The maximum absolute atomic E-state index is 13.6. The smallest absolute Gasteiger partial charge is 0.264 e. The maximum Gasteiger partial charge on any atom is 0.264 e. The molecule has 5 amide bonds. The van der Waals surface area contributed by atoms with Gasteiger partial charge >= 0.3 is 0 Å². The van der Waals surface area contributed by atoms with Crippen molar-refractivity contribution >= 4 is 52.5 Å². The summed E-state index contributed by atoms with van der Waals surface area (Å²) in [5, 5.41) is 11.8. The van der Waals surface area contributed by atoms with Crippen molar-refractivity contribution in [3.8, 4) is 11.8 Å². The van der Waals surface area contributed by atoms with Crippen molar-refractivity contribution in [3.63, 3.8) is 0 Å². The first-order chi connectivity index (χ1) is 28.6. The zero-order valence-corrected chi connectivity index (χ0v) is 33.8. The summed E-state index contributed by atoms with van der Waals surface area (Å²) in [4.78, 5) is 74.8. The molecule has 13 nitrogen and oxygen atoms in total. The molecule has 0 bridgehead atoms.